The molecule has 1 amide bonds. The summed E-state index contributed by atoms with van der Waals surface area (Å²) >= 11 is 0. The minimum Gasteiger partial charge on any atom is -0.339 e. The fourth-order valence-electron chi connectivity index (χ4n) is 4.57. The van der Waals surface area contributed by atoms with Gasteiger partial charge in [-0.05, 0) is 68.9 Å². The smallest absolute Gasteiger partial charge is 0.339 e. The van der Waals surface area contributed by atoms with Crippen LogP contribution in [0.25, 0.3) is 0 Å². The SMILES string of the molecule is C[C@@H](C1CCN(C(=O)c2ccc(C(F)(F)F)nc2S(=O)(=O)C2CC2)CC1)S(=O)(=O)c1cccc(C(F)(F)F)c1. The van der Waals surface area contributed by atoms with Crippen molar-refractivity contribution in [1.82, 2.24) is 9.88 Å². The van der Waals surface area contributed by atoms with Crippen LogP contribution in [0.15, 0.2) is 46.3 Å². The number of alkyl halides is 6. The molecule has 1 aromatic carbocycles. The predicted octanol–water partition coefficient (Wildman–Crippen LogP) is 4.77. The van der Waals surface area contributed by atoms with Crippen LogP contribution in [0.2, 0.25) is 0 Å². The summed E-state index contributed by atoms with van der Waals surface area (Å²) in [6.07, 6.45) is -8.89. The first kappa shape index (κ1) is 29.3. The summed E-state index contributed by atoms with van der Waals surface area (Å²) in [5, 5.41) is -2.92. The van der Waals surface area contributed by atoms with Crippen molar-refractivity contribution in [2.75, 3.05) is 13.1 Å². The molecule has 0 spiro atoms. The quantitative estimate of drug-likeness (QED) is 0.444. The summed E-state index contributed by atoms with van der Waals surface area (Å²) < 4.78 is 131. The molecule has 1 aliphatic heterocycles. The Bertz CT molecular complexity index is 1480. The second kappa shape index (κ2) is 10.1. The minimum atomic E-state index is -4.92. The molecular weight excluding hydrogens is 574 g/mol. The van der Waals surface area contributed by atoms with Crippen LogP contribution in [0.1, 0.15) is 54.2 Å². The van der Waals surface area contributed by atoms with E-state index in [4.69, 9.17) is 0 Å². The maximum absolute atomic E-state index is 13.2. The lowest BCUT2D eigenvalue weighted by molar-refractivity contribution is -0.141. The van der Waals surface area contributed by atoms with Crippen LogP contribution < -0.4 is 0 Å². The molecule has 1 atom stereocenters. The number of halogens is 6. The van der Waals surface area contributed by atoms with Gasteiger partial charge in [-0.1, -0.05) is 6.07 Å². The largest absolute Gasteiger partial charge is 0.433 e. The highest BCUT2D eigenvalue weighted by molar-refractivity contribution is 7.92. The first-order valence-electron chi connectivity index (χ1n) is 12.0. The second-order valence-electron chi connectivity index (χ2n) is 9.70. The Hall–Kier alpha value is -2.68. The van der Waals surface area contributed by atoms with E-state index in [1.807, 2.05) is 0 Å². The summed E-state index contributed by atoms with van der Waals surface area (Å²) in [6, 6.07) is 4.76. The molecule has 4 rings (SSSR count). The first-order valence-corrected chi connectivity index (χ1v) is 15.1. The lowest BCUT2D eigenvalue weighted by atomic mass is 9.93. The third-order valence-electron chi connectivity index (χ3n) is 7.08. The Kier molecular flexibility index (Phi) is 7.56. The number of piperidine rings is 1. The standard InChI is InChI=1S/C24H24F6N2O5S2/c1-14(38(34,35)18-4-2-3-16(13-18)23(25,26)27)15-9-11-32(12-10-15)22(33)19-7-8-20(24(28,29)30)31-21(19)39(36,37)17-5-6-17/h2-4,7-8,13-15,17H,5-6,9-12H2,1H3/t14-/m0/s1. The van der Waals surface area contributed by atoms with E-state index >= 15 is 0 Å². The van der Waals surface area contributed by atoms with Gasteiger partial charge in [0.1, 0.15) is 5.69 Å². The predicted molar refractivity (Wildman–Crippen MR) is 126 cm³/mol. The Balaban J connectivity index is 1.53. The van der Waals surface area contributed by atoms with Crippen LogP contribution >= 0.6 is 0 Å². The number of nitrogens with zero attached hydrogens (tertiary/aromatic N) is 2. The van der Waals surface area contributed by atoms with Crippen molar-refractivity contribution < 1.29 is 48.0 Å². The number of aromatic nitrogens is 1. The average molecular weight is 599 g/mol. The van der Waals surface area contributed by atoms with Gasteiger partial charge < -0.3 is 4.90 Å². The molecule has 2 heterocycles. The van der Waals surface area contributed by atoms with Gasteiger partial charge >= 0.3 is 12.4 Å². The van der Waals surface area contributed by atoms with Crippen molar-refractivity contribution in [3.63, 3.8) is 0 Å². The minimum absolute atomic E-state index is 0.0319. The lowest BCUT2D eigenvalue weighted by Crippen LogP contribution is -2.42. The number of rotatable bonds is 6. The number of amides is 1. The first-order chi connectivity index (χ1) is 17.9. The van der Waals surface area contributed by atoms with E-state index in [2.05, 4.69) is 4.98 Å². The highest BCUT2D eigenvalue weighted by atomic mass is 32.2. The summed E-state index contributed by atoms with van der Waals surface area (Å²) in [4.78, 5) is 17.3. The lowest BCUT2D eigenvalue weighted by Gasteiger charge is -2.35. The highest BCUT2D eigenvalue weighted by Crippen LogP contribution is 2.38. The normalized spacial score (nSPS) is 18.7. The van der Waals surface area contributed by atoms with Gasteiger partial charge in [0, 0.05) is 13.1 Å². The molecule has 1 aliphatic carbocycles. The number of benzene rings is 1. The third kappa shape index (κ3) is 5.93. The average Bonchev–Trinajstić information content (AvgIpc) is 3.73. The number of pyridine rings is 1. The van der Waals surface area contributed by atoms with Gasteiger partial charge in [-0.2, -0.15) is 26.3 Å². The van der Waals surface area contributed by atoms with E-state index < -0.39 is 81.1 Å². The molecule has 1 aromatic heterocycles. The fourth-order valence-corrected chi connectivity index (χ4v) is 8.10. The van der Waals surface area contributed by atoms with Crippen molar-refractivity contribution in [3.05, 3.63) is 53.2 Å². The van der Waals surface area contributed by atoms with E-state index in [0.717, 1.165) is 24.3 Å². The van der Waals surface area contributed by atoms with Crippen molar-refractivity contribution in [2.24, 2.45) is 5.92 Å². The number of likely N-dealkylation sites (tertiary alicyclic amines) is 1. The zero-order valence-electron chi connectivity index (χ0n) is 20.5. The van der Waals surface area contributed by atoms with Crippen LogP contribution in [0, 0.1) is 5.92 Å². The number of carbonyl (C=O) groups is 1. The van der Waals surface area contributed by atoms with Crippen LogP contribution in [0.5, 0.6) is 0 Å². The molecule has 2 fully saturated rings. The molecule has 0 radical (unpaired) electrons. The number of hydrogen-bond donors (Lipinski definition) is 0. The van der Waals surface area contributed by atoms with E-state index in [0.29, 0.717) is 12.1 Å². The van der Waals surface area contributed by atoms with Crippen LogP contribution in [-0.4, -0.2) is 56.2 Å². The Morgan fingerprint density at radius 3 is 2.08 bits per heavy atom. The number of sulfone groups is 2. The molecule has 2 aliphatic rings. The monoisotopic (exact) mass is 598 g/mol. The highest BCUT2D eigenvalue weighted by Gasteiger charge is 2.43. The summed E-state index contributed by atoms with van der Waals surface area (Å²) in [5.41, 5.74) is -3.03. The van der Waals surface area contributed by atoms with Gasteiger partial charge in [0.2, 0.25) is 0 Å². The van der Waals surface area contributed by atoms with Crippen molar-refractivity contribution in [2.45, 2.75) is 65.4 Å². The Morgan fingerprint density at radius 2 is 1.54 bits per heavy atom. The fraction of sp³-hybridized carbons (Fsp3) is 0.500. The molecule has 2 aromatic rings. The van der Waals surface area contributed by atoms with Gasteiger partial charge in [0.25, 0.3) is 5.91 Å². The van der Waals surface area contributed by atoms with E-state index in [1.165, 1.54) is 11.8 Å². The van der Waals surface area contributed by atoms with E-state index in [-0.39, 0.29) is 38.8 Å². The molecule has 0 unspecified atom stereocenters. The molecule has 7 nitrogen and oxygen atoms in total. The van der Waals surface area contributed by atoms with Crippen LogP contribution in [0.4, 0.5) is 26.3 Å². The Labute approximate surface area is 221 Å². The van der Waals surface area contributed by atoms with Gasteiger partial charge in [0.05, 0.1) is 26.5 Å². The zero-order chi connectivity index (χ0) is 29.0. The number of carbonyl (C=O) groups excluding carboxylic acids is 1. The maximum atomic E-state index is 13.2. The van der Waals surface area contributed by atoms with Gasteiger partial charge in [-0.3, -0.25) is 4.79 Å². The molecule has 1 saturated carbocycles. The van der Waals surface area contributed by atoms with Gasteiger partial charge in [-0.25, -0.2) is 21.8 Å². The van der Waals surface area contributed by atoms with Crippen molar-refractivity contribution in [1.29, 1.82) is 0 Å². The van der Waals surface area contributed by atoms with Gasteiger partial charge in [0.15, 0.2) is 24.7 Å². The second-order valence-corrected chi connectivity index (χ2v) is 14.1. The van der Waals surface area contributed by atoms with Gasteiger partial charge in [-0.15, -0.1) is 0 Å². The summed E-state index contributed by atoms with van der Waals surface area (Å²) in [5.74, 6) is -1.38. The molecule has 1 saturated heterocycles. The zero-order valence-corrected chi connectivity index (χ0v) is 22.1. The van der Waals surface area contributed by atoms with E-state index in [1.54, 1.807) is 0 Å². The number of hydrogen-bond acceptors (Lipinski definition) is 6. The van der Waals surface area contributed by atoms with Crippen LogP contribution in [-0.2, 0) is 32.0 Å². The molecule has 39 heavy (non-hydrogen) atoms. The molecule has 0 N–H and O–H groups in total. The Morgan fingerprint density at radius 1 is 0.923 bits per heavy atom. The third-order valence-corrected chi connectivity index (χ3v) is 11.6. The van der Waals surface area contributed by atoms with E-state index in [9.17, 15) is 48.0 Å². The molecule has 0 bridgehead atoms. The maximum Gasteiger partial charge on any atom is 0.433 e. The van der Waals surface area contributed by atoms with Crippen molar-refractivity contribution >= 4 is 25.6 Å². The molecule has 214 valence electrons. The topological polar surface area (TPSA) is 101 Å². The molecular formula is C24H24F6N2O5S2. The summed E-state index contributed by atoms with van der Waals surface area (Å²) in [6.45, 7) is 1.31. The van der Waals surface area contributed by atoms with Crippen molar-refractivity contribution in [3.8, 4) is 0 Å². The van der Waals surface area contributed by atoms with Crippen LogP contribution in [0.3, 0.4) is 0 Å². The molecule has 15 heteroatoms. The summed E-state index contributed by atoms with van der Waals surface area (Å²) in [7, 11) is -8.43.